The maximum absolute atomic E-state index is 13.2. The third kappa shape index (κ3) is 4.93. The minimum Gasteiger partial charge on any atom is -0.355 e. The highest BCUT2D eigenvalue weighted by Gasteiger charge is 2.22. The van der Waals surface area contributed by atoms with Gasteiger partial charge in [0.1, 0.15) is 17.2 Å². The van der Waals surface area contributed by atoms with E-state index in [-0.39, 0.29) is 11.6 Å². The Hall–Kier alpha value is -4.52. The van der Waals surface area contributed by atoms with Crippen molar-refractivity contribution in [2.75, 3.05) is 23.3 Å². The fraction of sp³-hybridized carbons (Fsp3) is 0.200. The number of hydrogen-bond acceptors (Lipinski definition) is 5. The molecule has 1 N–H and O–H groups in total. The number of carbonyl (C=O) groups excluding carboxylic acids is 1. The molecule has 6 rings (SSSR count). The van der Waals surface area contributed by atoms with Crippen LogP contribution in [0.3, 0.4) is 0 Å². The van der Waals surface area contributed by atoms with E-state index < -0.39 is 0 Å². The standard InChI is InChI=1S/C30H28N6O/c37-30(32-29-28(24-11-5-2-6-12-24)31-26-13-7-8-18-36(26)29)25-14-15-27(34-33-25)35-19-16-23(17-20-35)21-22-9-3-1-4-10-22/h1-15,18,23H,16-17,19-21H2,(H,32,37). The molecule has 184 valence electrons. The summed E-state index contributed by atoms with van der Waals surface area (Å²) in [6.07, 6.45) is 5.25. The largest absolute Gasteiger partial charge is 0.355 e. The zero-order valence-electron chi connectivity index (χ0n) is 20.5. The average Bonchev–Trinajstić information content (AvgIpc) is 3.33. The Bertz CT molecular complexity index is 1490. The van der Waals surface area contributed by atoms with Crippen molar-refractivity contribution in [3.8, 4) is 11.3 Å². The molecule has 0 bridgehead atoms. The molecule has 37 heavy (non-hydrogen) atoms. The number of hydrogen-bond donors (Lipinski definition) is 1. The summed E-state index contributed by atoms with van der Waals surface area (Å²) in [6, 6.07) is 29.9. The van der Waals surface area contributed by atoms with Gasteiger partial charge in [-0.15, -0.1) is 10.2 Å². The quantitative estimate of drug-likeness (QED) is 0.341. The van der Waals surface area contributed by atoms with Crippen LogP contribution in [0.5, 0.6) is 0 Å². The summed E-state index contributed by atoms with van der Waals surface area (Å²) in [4.78, 5) is 20.2. The van der Waals surface area contributed by atoms with Gasteiger partial charge in [0.25, 0.3) is 5.91 Å². The molecule has 1 aliphatic rings. The van der Waals surface area contributed by atoms with Crippen LogP contribution < -0.4 is 10.2 Å². The first-order valence-electron chi connectivity index (χ1n) is 12.7. The van der Waals surface area contributed by atoms with Crippen LogP contribution in [0.4, 0.5) is 11.6 Å². The number of amides is 1. The fourth-order valence-electron chi connectivity index (χ4n) is 5.01. The van der Waals surface area contributed by atoms with Gasteiger partial charge in [0.2, 0.25) is 0 Å². The highest BCUT2D eigenvalue weighted by Crippen LogP contribution is 2.29. The Morgan fingerprint density at radius 1 is 0.838 bits per heavy atom. The van der Waals surface area contributed by atoms with E-state index >= 15 is 0 Å². The lowest BCUT2D eigenvalue weighted by Gasteiger charge is -2.32. The lowest BCUT2D eigenvalue weighted by atomic mass is 9.90. The van der Waals surface area contributed by atoms with Crippen molar-refractivity contribution in [3.05, 3.63) is 108 Å². The van der Waals surface area contributed by atoms with Gasteiger partial charge in [-0.05, 0) is 55.0 Å². The van der Waals surface area contributed by atoms with Gasteiger partial charge in [0.15, 0.2) is 11.5 Å². The van der Waals surface area contributed by atoms with Gasteiger partial charge in [-0.2, -0.15) is 0 Å². The van der Waals surface area contributed by atoms with Gasteiger partial charge >= 0.3 is 0 Å². The number of piperidine rings is 1. The Morgan fingerprint density at radius 3 is 2.30 bits per heavy atom. The average molecular weight is 489 g/mol. The number of rotatable bonds is 6. The SMILES string of the molecule is O=C(Nc1c(-c2ccccc2)nc2ccccn12)c1ccc(N2CCC(Cc3ccccc3)CC2)nn1. The van der Waals surface area contributed by atoms with E-state index in [1.807, 2.05) is 65.2 Å². The van der Waals surface area contributed by atoms with E-state index in [2.05, 4.69) is 50.7 Å². The molecule has 1 saturated heterocycles. The molecule has 5 aromatic rings. The second-order valence-electron chi connectivity index (χ2n) is 9.45. The number of fused-ring (bicyclic) bond motifs is 1. The van der Waals surface area contributed by atoms with Gasteiger partial charge in [-0.25, -0.2) is 4.98 Å². The maximum atomic E-state index is 13.2. The smallest absolute Gasteiger partial charge is 0.277 e. The van der Waals surface area contributed by atoms with Crippen LogP contribution >= 0.6 is 0 Å². The van der Waals surface area contributed by atoms with Crippen molar-refractivity contribution < 1.29 is 4.79 Å². The molecule has 7 heteroatoms. The molecular formula is C30H28N6O. The molecule has 0 spiro atoms. The number of imidazole rings is 1. The molecule has 1 amide bonds. The van der Waals surface area contributed by atoms with E-state index in [1.165, 1.54) is 5.56 Å². The summed E-state index contributed by atoms with van der Waals surface area (Å²) in [7, 11) is 0. The summed E-state index contributed by atoms with van der Waals surface area (Å²) >= 11 is 0. The molecule has 2 aromatic carbocycles. The summed E-state index contributed by atoms with van der Waals surface area (Å²) in [5.41, 5.74) is 4.07. The topological polar surface area (TPSA) is 75.4 Å². The predicted octanol–water partition coefficient (Wildman–Crippen LogP) is 5.50. The van der Waals surface area contributed by atoms with Gasteiger partial charge in [0, 0.05) is 24.8 Å². The van der Waals surface area contributed by atoms with Gasteiger partial charge in [-0.1, -0.05) is 66.7 Å². The van der Waals surface area contributed by atoms with E-state index in [9.17, 15) is 4.79 Å². The van der Waals surface area contributed by atoms with Crippen LogP contribution in [-0.4, -0.2) is 38.6 Å². The van der Waals surface area contributed by atoms with Crippen LogP contribution in [0.2, 0.25) is 0 Å². The normalized spacial score (nSPS) is 14.1. The third-order valence-corrected chi connectivity index (χ3v) is 7.00. The van der Waals surface area contributed by atoms with Crippen molar-refractivity contribution in [2.24, 2.45) is 5.92 Å². The minimum atomic E-state index is -0.316. The summed E-state index contributed by atoms with van der Waals surface area (Å²) < 4.78 is 1.88. The molecular weight excluding hydrogens is 460 g/mol. The Labute approximate surface area is 215 Å². The Kier molecular flexibility index (Phi) is 6.33. The van der Waals surface area contributed by atoms with Crippen LogP contribution in [0, 0.1) is 5.92 Å². The molecule has 0 saturated carbocycles. The summed E-state index contributed by atoms with van der Waals surface area (Å²) in [6.45, 7) is 1.89. The molecule has 0 atom stereocenters. The molecule has 7 nitrogen and oxygen atoms in total. The second-order valence-corrected chi connectivity index (χ2v) is 9.45. The van der Waals surface area contributed by atoms with E-state index in [0.29, 0.717) is 17.4 Å². The van der Waals surface area contributed by atoms with Crippen molar-refractivity contribution in [1.82, 2.24) is 19.6 Å². The lowest BCUT2D eigenvalue weighted by molar-refractivity contribution is 0.102. The monoisotopic (exact) mass is 488 g/mol. The maximum Gasteiger partial charge on any atom is 0.277 e. The molecule has 3 aromatic heterocycles. The first-order valence-corrected chi connectivity index (χ1v) is 12.7. The van der Waals surface area contributed by atoms with Crippen LogP contribution in [0.25, 0.3) is 16.9 Å². The highest BCUT2D eigenvalue weighted by atomic mass is 16.2. The number of anilines is 2. The molecule has 0 radical (unpaired) electrons. The highest BCUT2D eigenvalue weighted by molar-refractivity contribution is 6.04. The van der Waals surface area contributed by atoms with E-state index in [1.54, 1.807) is 6.07 Å². The molecule has 0 aliphatic carbocycles. The molecule has 1 aliphatic heterocycles. The second kappa shape index (κ2) is 10.2. The van der Waals surface area contributed by atoms with Crippen molar-refractivity contribution in [1.29, 1.82) is 0 Å². The number of pyridine rings is 1. The van der Waals surface area contributed by atoms with Crippen molar-refractivity contribution >= 4 is 23.2 Å². The van der Waals surface area contributed by atoms with Crippen LogP contribution in [0.1, 0.15) is 28.9 Å². The van der Waals surface area contributed by atoms with Gasteiger partial charge in [-0.3, -0.25) is 9.20 Å². The van der Waals surface area contributed by atoms with Crippen molar-refractivity contribution in [3.63, 3.8) is 0 Å². The zero-order chi connectivity index (χ0) is 25.0. The lowest BCUT2D eigenvalue weighted by Crippen LogP contribution is -2.35. The van der Waals surface area contributed by atoms with Crippen LogP contribution in [-0.2, 0) is 6.42 Å². The number of aromatic nitrogens is 4. The predicted molar refractivity (Wildman–Crippen MR) is 146 cm³/mol. The molecule has 1 fully saturated rings. The number of benzene rings is 2. The number of nitrogens with zero attached hydrogens (tertiary/aromatic N) is 5. The Balaban J connectivity index is 1.15. The summed E-state index contributed by atoms with van der Waals surface area (Å²) in [5, 5.41) is 11.7. The van der Waals surface area contributed by atoms with Gasteiger partial charge in [0.05, 0.1) is 0 Å². The number of carbonyl (C=O) groups is 1. The first kappa shape index (κ1) is 22.9. The van der Waals surface area contributed by atoms with Crippen LogP contribution in [0.15, 0.2) is 97.2 Å². The molecule has 4 heterocycles. The molecule has 0 unspecified atom stereocenters. The van der Waals surface area contributed by atoms with Crippen molar-refractivity contribution in [2.45, 2.75) is 19.3 Å². The Morgan fingerprint density at radius 2 is 1.57 bits per heavy atom. The minimum absolute atomic E-state index is 0.271. The zero-order valence-corrected chi connectivity index (χ0v) is 20.5. The fourth-order valence-corrected chi connectivity index (χ4v) is 5.01. The summed E-state index contributed by atoms with van der Waals surface area (Å²) in [5.74, 6) is 1.79. The van der Waals surface area contributed by atoms with E-state index in [0.717, 1.165) is 49.4 Å². The number of nitrogens with one attached hydrogen (secondary N) is 1. The van der Waals surface area contributed by atoms with Gasteiger partial charge < -0.3 is 10.2 Å². The third-order valence-electron chi connectivity index (χ3n) is 7.00. The van der Waals surface area contributed by atoms with E-state index in [4.69, 9.17) is 4.98 Å². The first-order chi connectivity index (χ1) is 18.2.